The first kappa shape index (κ1) is 13.3. The highest BCUT2D eigenvalue weighted by molar-refractivity contribution is 5.79. The quantitative estimate of drug-likeness (QED) is 0.254. The summed E-state index contributed by atoms with van der Waals surface area (Å²) in [6.07, 6.45) is 8.89. The second kappa shape index (κ2) is 8.39. The zero-order valence-corrected chi connectivity index (χ0v) is 10.5. The van der Waals surface area contributed by atoms with Gasteiger partial charge in [-0.15, -0.1) is 0 Å². The largest absolute Gasteiger partial charge is 0.342 e. The van der Waals surface area contributed by atoms with Crippen LogP contribution in [0.4, 0.5) is 0 Å². The highest BCUT2D eigenvalue weighted by Gasteiger charge is 2.11. The summed E-state index contributed by atoms with van der Waals surface area (Å²) in [4.78, 5) is 6.83. The Kier molecular flexibility index (Phi) is 6.97. The standard InChI is InChI=1S/C12H26N4/c1-2-3-9-14-12(15-13)16-10-7-5-4-6-8-11-16/h2-11,13H2,1H3,(H,14,15). The predicted octanol–water partition coefficient (Wildman–Crippen LogP) is 1.87. The summed E-state index contributed by atoms with van der Waals surface area (Å²) < 4.78 is 0. The van der Waals surface area contributed by atoms with E-state index in [2.05, 4.69) is 22.2 Å². The molecule has 1 heterocycles. The van der Waals surface area contributed by atoms with Gasteiger partial charge in [-0.3, -0.25) is 10.4 Å². The average Bonchev–Trinajstić information content (AvgIpc) is 2.25. The first-order valence-electron chi connectivity index (χ1n) is 6.64. The lowest BCUT2D eigenvalue weighted by Gasteiger charge is -2.27. The lowest BCUT2D eigenvalue weighted by Crippen LogP contribution is -2.46. The smallest absolute Gasteiger partial charge is 0.208 e. The average molecular weight is 226 g/mol. The second-order valence-electron chi connectivity index (χ2n) is 4.46. The molecule has 3 N–H and O–H groups in total. The van der Waals surface area contributed by atoms with E-state index in [4.69, 9.17) is 5.84 Å². The monoisotopic (exact) mass is 226 g/mol. The molecule has 94 valence electrons. The molecule has 0 aromatic rings. The normalized spacial score (nSPS) is 19.1. The third-order valence-electron chi connectivity index (χ3n) is 3.06. The molecule has 0 radical (unpaired) electrons. The molecular weight excluding hydrogens is 200 g/mol. The fourth-order valence-corrected chi connectivity index (χ4v) is 2.04. The van der Waals surface area contributed by atoms with Gasteiger partial charge in [0.1, 0.15) is 0 Å². The molecule has 4 heteroatoms. The van der Waals surface area contributed by atoms with E-state index < -0.39 is 0 Å². The summed E-state index contributed by atoms with van der Waals surface area (Å²) in [5, 5.41) is 0. The van der Waals surface area contributed by atoms with Gasteiger partial charge in [-0.25, -0.2) is 5.84 Å². The van der Waals surface area contributed by atoms with E-state index in [1.165, 1.54) is 38.5 Å². The van der Waals surface area contributed by atoms with Crippen LogP contribution in [0, 0.1) is 0 Å². The van der Waals surface area contributed by atoms with Crippen molar-refractivity contribution in [1.82, 2.24) is 10.3 Å². The highest BCUT2D eigenvalue weighted by atomic mass is 15.4. The second-order valence-corrected chi connectivity index (χ2v) is 4.46. The molecule has 0 spiro atoms. The predicted molar refractivity (Wildman–Crippen MR) is 69.2 cm³/mol. The first-order chi connectivity index (χ1) is 7.88. The van der Waals surface area contributed by atoms with Gasteiger partial charge in [0.15, 0.2) is 0 Å². The van der Waals surface area contributed by atoms with E-state index in [0.29, 0.717) is 0 Å². The number of hydrogen-bond acceptors (Lipinski definition) is 2. The number of aliphatic imine (C=N–C) groups is 1. The van der Waals surface area contributed by atoms with Crippen LogP contribution in [0.25, 0.3) is 0 Å². The zero-order valence-electron chi connectivity index (χ0n) is 10.5. The topological polar surface area (TPSA) is 53.6 Å². The van der Waals surface area contributed by atoms with E-state index in [1.807, 2.05) is 0 Å². The van der Waals surface area contributed by atoms with E-state index in [9.17, 15) is 0 Å². The van der Waals surface area contributed by atoms with Crippen LogP contribution < -0.4 is 11.3 Å². The van der Waals surface area contributed by atoms with Gasteiger partial charge < -0.3 is 4.90 Å². The Bertz CT molecular complexity index is 195. The number of unbranched alkanes of at least 4 members (excludes halogenated alkanes) is 1. The molecule has 0 bridgehead atoms. The number of nitrogens with one attached hydrogen (secondary N) is 1. The van der Waals surface area contributed by atoms with Crippen molar-refractivity contribution in [3.8, 4) is 0 Å². The Balaban J connectivity index is 2.44. The first-order valence-corrected chi connectivity index (χ1v) is 6.64. The van der Waals surface area contributed by atoms with Crippen LogP contribution in [0.1, 0.15) is 51.9 Å². The molecule has 1 rings (SSSR count). The van der Waals surface area contributed by atoms with E-state index in [0.717, 1.165) is 32.0 Å². The van der Waals surface area contributed by atoms with Gasteiger partial charge in [-0.2, -0.15) is 0 Å². The van der Waals surface area contributed by atoms with Crippen molar-refractivity contribution in [2.45, 2.75) is 51.9 Å². The van der Waals surface area contributed by atoms with E-state index in [1.54, 1.807) is 0 Å². The molecule has 16 heavy (non-hydrogen) atoms. The van der Waals surface area contributed by atoms with Crippen LogP contribution in [0.5, 0.6) is 0 Å². The van der Waals surface area contributed by atoms with Gasteiger partial charge in [0, 0.05) is 19.6 Å². The molecule has 1 aliphatic heterocycles. The van der Waals surface area contributed by atoms with Gasteiger partial charge in [0.2, 0.25) is 5.96 Å². The molecule has 0 atom stereocenters. The number of hydrazine groups is 1. The van der Waals surface area contributed by atoms with Crippen LogP contribution in [-0.2, 0) is 0 Å². The maximum Gasteiger partial charge on any atom is 0.208 e. The fraction of sp³-hybridized carbons (Fsp3) is 0.917. The Hall–Kier alpha value is -0.770. The van der Waals surface area contributed by atoms with Gasteiger partial charge in [0.05, 0.1) is 0 Å². The lowest BCUT2D eigenvalue weighted by molar-refractivity contribution is 0.351. The summed E-state index contributed by atoms with van der Waals surface area (Å²) >= 11 is 0. The minimum Gasteiger partial charge on any atom is -0.342 e. The van der Waals surface area contributed by atoms with Crippen LogP contribution in [0.2, 0.25) is 0 Å². The molecule has 0 unspecified atom stereocenters. The zero-order chi connectivity index (χ0) is 11.6. The van der Waals surface area contributed by atoms with Crippen LogP contribution >= 0.6 is 0 Å². The highest BCUT2D eigenvalue weighted by Crippen LogP contribution is 2.10. The molecule has 0 amide bonds. The molecule has 0 aromatic carbocycles. The fourth-order valence-electron chi connectivity index (χ4n) is 2.04. The van der Waals surface area contributed by atoms with Gasteiger partial charge in [0.25, 0.3) is 0 Å². The number of likely N-dealkylation sites (tertiary alicyclic amines) is 1. The summed E-state index contributed by atoms with van der Waals surface area (Å²) in [5.74, 6) is 6.44. The number of nitrogens with two attached hydrogens (primary N) is 1. The maximum absolute atomic E-state index is 5.55. The minimum atomic E-state index is 0.881. The van der Waals surface area contributed by atoms with Gasteiger partial charge in [-0.05, 0) is 19.3 Å². The molecule has 1 saturated heterocycles. The summed E-state index contributed by atoms with van der Waals surface area (Å²) in [7, 11) is 0. The Morgan fingerprint density at radius 3 is 2.38 bits per heavy atom. The van der Waals surface area contributed by atoms with Crippen LogP contribution in [0.3, 0.4) is 0 Å². The molecule has 0 aromatic heterocycles. The van der Waals surface area contributed by atoms with Crippen molar-refractivity contribution in [3.05, 3.63) is 0 Å². The molecule has 0 aliphatic carbocycles. The van der Waals surface area contributed by atoms with Gasteiger partial charge in [-0.1, -0.05) is 32.6 Å². The van der Waals surface area contributed by atoms with E-state index in [-0.39, 0.29) is 0 Å². The molecule has 1 aliphatic rings. The van der Waals surface area contributed by atoms with Crippen molar-refractivity contribution >= 4 is 5.96 Å². The SMILES string of the molecule is CCCCN=C(NN)N1CCCCCCC1. The number of rotatable bonds is 3. The molecule has 4 nitrogen and oxygen atoms in total. The van der Waals surface area contributed by atoms with Crippen LogP contribution in [-0.4, -0.2) is 30.5 Å². The Morgan fingerprint density at radius 2 is 1.81 bits per heavy atom. The Labute approximate surface area is 99.3 Å². The van der Waals surface area contributed by atoms with E-state index >= 15 is 0 Å². The van der Waals surface area contributed by atoms with Crippen molar-refractivity contribution < 1.29 is 0 Å². The van der Waals surface area contributed by atoms with Crippen molar-refractivity contribution in [2.24, 2.45) is 10.8 Å². The Morgan fingerprint density at radius 1 is 1.19 bits per heavy atom. The minimum absolute atomic E-state index is 0.881. The van der Waals surface area contributed by atoms with Crippen LogP contribution in [0.15, 0.2) is 4.99 Å². The third kappa shape index (κ3) is 4.84. The summed E-state index contributed by atoms with van der Waals surface area (Å²) in [5.41, 5.74) is 2.75. The summed E-state index contributed by atoms with van der Waals surface area (Å²) in [6, 6.07) is 0. The van der Waals surface area contributed by atoms with Gasteiger partial charge >= 0.3 is 0 Å². The summed E-state index contributed by atoms with van der Waals surface area (Å²) in [6.45, 7) is 5.25. The number of hydrogen-bond donors (Lipinski definition) is 2. The van der Waals surface area contributed by atoms with Crippen molar-refractivity contribution in [1.29, 1.82) is 0 Å². The lowest BCUT2D eigenvalue weighted by atomic mass is 10.1. The van der Waals surface area contributed by atoms with Crippen molar-refractivity contribution in [2.75, 3.05) is 19.6 Å². The molecule has 0 saturated carbocycles. The maximum atomic E-state index is 5.55. The molecular formula is C12H26N4. The number of nitrogens with zero attached hydrogens (tertiary/aromatic N) is 2. The number of guanidine groups is 1. The molecule has 1 fully saturated rings. The third-order valence-corrected chi connectivity index (χ3v) is 3.06. The van der Waals surface area contributed by atoms with Crippen molar-refractivity contribution in [3.63, 3.8) is 0 Å².